The van der Waals surface area contributed by atoms with Crippen LogP contribution < -0.4 is 10.1 Å². The van der Waals surface area contributed by atoms with Crippen LogP contribution in [0.25, 0.3) is 10.8 Å². The van der Waals surface area contributed by atoms with E-state index in [2.05, 4.69) is 5.32 Å². The number of ether oxygens (including phenoxy) is 1. The number of piperidine rings is 1. The molecule has 33 heavy (non-hydrogen) atoms. The van der Waals surface area contributed by atoms with Gasteiger partial charge in [-0.15, -0.1) is 0 Å². The van der Waals surface area contributed by atoms with Crippen LogP contribution in [0.2, 0.25) is 0 Å². The van der Waals surface area contributed by atoms with E-state index in [4.69, 9.17) is 4.74 Å². The number of amides is 2. The number of nitrogens with one attached hydrogen (secondary N) is 1. The van der Waals surface area contributed by atoms with Gasteiger partial charge >= 0.3 is 5.69 Å². The minimum atomic E-state index is -0.962. The number of nitro benzene ring substituents is 1. The monoisotopic (exact) mass is 451 g/mol. The van der Waals surface area contributed by atoms with Crippen molar-refractivity contribution in [2.75, 3.05) is 25.5 Å². The molecule has 1 saturated heterocycles. The number of likely N-dealkylation sites (tertiary alicyclic amines) is 1. The molecular formula is C24H22FN3O5. The Balaban J connectivity index is 1.43. The molecular weight excluding hydrogens is 429 g/mol. The molecule has 2 amide bonds. The largest absolute Gasteiger partial charge is 0.496 e. The normalized spacial score (nSPS) is 14.2. The number of nitrogens with zero attached hydrogens (tertiary/aromatic N) is 2. The van der Waals surface area contributed by atoms with Crippen LogP contribution in [0.4, 0.5) is 15.8 Å². The first-order chi connectivity index (χ1) is 15.9. The van der Waals surface area contributed by atoms with E-state index >= 15 is 0 Å². The highest BCUT2D eigenvalue weighted by Crippen LogP contribution is 2.30. The summed E-state index contributed by atoms with van der Waals surface area (Å²) in [6, 6.07) is 14.3. The Morgan fingerprint density at radius 1 is 1.09 bits per heavy atom. The third-order valence-electron chi connectivity index (χ3n) is 5.90. The quantitative estimate of drug-likeness (QED) is 0.458. The second kappa shape index (κ2) is 9.23. The molecule has 1 heterocycles. The third-order valence-corrected chi connectivity index (χ3v) is 5.90. The zero-order valence-electron chi connectivity index (χ0n) is 17.9. The number of rotatable bonds is 5. The molecule has 3 aromatic rings. The molecule has 4 rings (SSSR count). The van der Waals surface area contributed by atoms with Crippen molar-refractivity contribution in [3.63, 3.8) is 0 Å². The van der Waals surface area contributed by atoms with E-state index in [1.165, 1.54) is 6.07 Å². The summed E-state index contributed by atoms with van der Waals surface area (Å²) in [6.07, 6.45) is 0.907. The van der Waals surface area contributed by atoms with E-state index in [9.17, 15) is 24.1 Å². The van der Waals surface area contributed by atoms with E-state index in [1.54, 1.807) is 24.1 Å². The highest BCUT2D eigenvalue weighted by Gasteiger charge is 2.29. The molecule has 1 aliphatic rings. The molecule has 0 aliphatic carbocycles. The predicted molar refractivity (Wildman–Crippen MR) is 121 cm³/mol. The van der Waals surface area contributed by atoms with Gasteiger partial charge in [-0.1, -0.05) is 24.3 Å². The molecule has 0 atom stereocenters. The minimum Gasteiger partial charge on any atom is -0.496 e. The van der Waals surface area contributed by atoms with E-state index in [1.807, 2.05) is 24.3 Å². The van der Waals surface area contributed by atoms with Crippen LogP contribution in [-0.2, 0) is 4.79 Å². The molecule has 1 fully saturated rings. The zero-order chi connectivity index (χ0) is 23.5. The zero-order valence-corrected chi connectivity index (χ0v) is 17.9. The first-order valence-electron chi connectivity index (χ1n) is 10.5. The second-order valence-electron chi connectivity index (χ2n) is 7.84. The lowest BCUT2D eigenvalue weighted by atomic mass is 9.94. The maximum Gasteiger partial charge on any atom is 0.306 e. The van der Waals surface area contributed by atoms with Crippen molar-refractivity contribution in [2.45, 2.75) is 12.8 Å². The summed E-state index contributed by atoms with van der Waals surface area (Å²) in [5.74, 6) is -1.04. The molecule has 3 aromatic carbocycles. The topological polar surface area (TPSA) is 102 Å². The van der Waals surface area contributed by atoms with E-state index in [0.717, 1.165) is 22.9 Å². The van der Waals surface area contributed by atoms with Crippen molar-refractivity contribution in [1.29, 1.82) is 0 Å². The average molecular weight is 451 g/mol. The Kier molecular flexibility index (Phi) is 6.21. The van der Waals surface area contributed by atoms with E-state index in [0.29, 0.717) is 37.2 Å². The van der Waals surface area contributed by atoms with Gasteiger partial charge in [-0.25, -0.2) is 0 Å². The number of carbonyl (C=O) groups excluding carboxylic acids is 2. The number of nitro groups is 1. The Labute approximate surface area is 189 Å². The lowest BCUT2D eigenvalue weighted by Gasteiger charge is -2.31. The van der Waals surface area contributed by atoms with Gasteiger partial charge in [0.15, 0.2) is 0 Å². The van der Waals surface area contributed by atoms with Crippen LogP contribution in [0.1, 0.15) is 23.2 Å². The maximum absolute atomic E-state index is 13.5. The summed E-state index contributed by atoms with van der Waals surface area (Å²) in [5.41, 5.74) is 0.0455. The molecule has 0 bridgehead atoms. The van der Waals surface area contributed by atoms with Gasteiger partial charge < -0.3 is 15.0 Å². The predicted octanol–water partition coefficient (Wildman–Crippen LogP) is 4.39. The summed E-state index contributed by atoms with van der Waals surface area (Å²) in [7, 11) is 1.59. The van der Waals surface area contributed by atoms with Crippen LogP contribution >= 0.6 is 0 Å². The summed E-state index contributed by atoms with van der Waals surface area (Å²) in [5, 5.41) is 15.2. The second-order valence-corrected chi connectivity index (χ2v) is 7.84. The standard InChI is InChI=1S/C24H22FN3O5/c1-33-22-9-7-19(17-4-2-3-5-18(17)22)24(30)27-12-10-15(11-13-27)23(29)26-16-6-8-20(25)21(14-16)28(31)32/h2-9,14-15H,10-13H2,1H3,(H,26,29). The third kappa shape index (κ3) is 4.48. The van der Waals surface area contributed by atoms with Gasteiger partial charge in [0.1, 0.15) is 5.75 Å². The molecule has 0 aromatic heterocycles. The van der Waals surface area contributed by atoms with Crippen LogP contribution in [0.5, 0.6) is 5.75 Å². The Hall–Kier alpha value is -4.01. The van der Waals surface area contributed by atoms with Gasteiger partial charge in [0, 0.05) is 41.7 Å². The highest BCUT2D eigenvalue weighted by molar-refractivity contribution is 6.08. The van der Waals surface area contributed by atoms with Gasteiger partial charge in [-0.05, 0) is 42.5 Å². The Morgan fingerprint density at radius 2 is 1.79 bits per heavy atom. The molecule has 9 heteroatoms. The SMILES string of the molecule is COc1ccc(C(=O)N2CCC(C(=O)Nc3ccc(F)c([N+](=O)[O-])c3)CC2)c2ccccc12. The summed E-state index contributed by atoms with van der Waals surface area (Å²) in [6.45, 7) is 0.807. The number of hydrogen-bond acceptors (Lipinski definition) is 5. The van der Waals surface area contributed by atoms with Crippen LogP contribution in [0.15, 0.2) is 54.6 Å². The first kappa shape index (κ1) is 22.2. The van der Waals surface area contributed by atoms with Gasteiger partial charge in [0.25, 0.3) is 5.91 Å². The fraction of sp³-hybridized carbons (Fsp3) is 0.250. The van der Waals surface area contributed by atoms with Crippen molar-refractivity contribution in [1.82, 2.24) is 4.90 Å². The summed E-state index contributed by atoms with van der Waals surface area (Å²) < 4.78 is 18.9. The van der Waals surface area contributed by atoms with E-state index in [-0.39, 0.29) is 23.4 Å². The lowest BCUT2D eigenvalue weighted by Crippen LogP contribution is -2.41. The number of hydrogen-bond donors (Lipinski definition) is 1. The molecule has 1 N–H and O–H groups in total. The van der Waals surface area contributed by atoms with Crippen molar-refractivity contribution in [3.8, 4) is 5.75 Å². The lowest BCUT2D eigenvalue weighted by molar-refractivity contribution is -0.387. The van der Waals surface area contributed by atoms with Crippen LogP contribution in [-0.4, -0.2) is 41.8 Å². The molecule has 0 unspecified atom stereocenters. The number of anilines is 1. The van der Waals surface area contributed by atoms with Gasteiger partial charge in [-0.3, -0.25) is 19.7 Å². The molecule has 0 spiro atoms. The van der Waals surface area contributed by atoms with Crippen molar-refractivity contribution in [2.24, 2.45) is 5.92 Å². The highest BCUT2D eigenvalue weighted by atomic mass is 19.1. The number of carbonyl (C=O) groups is 2. The molecule has 0 radical (unpaired) electrons. The minimum absolute atomic E-state index is 0.109. The van der Waals surface area contributed by atoms with Crippen molar-refractivity contribution in [3.05, 3.63) is 76.1 Å². The summed E-state index contributed by atoms with van der Waals surface area (Å²) >= 11 is 0. The summed E-state index contributed by atoms with van der Waals surface area (Å²) in [4.78, 5) is 37.6. The number of benzene rings is 3. The van der Waals surface area contributed by atoms with Crippen molar-refractivity contribution < 1.29 is 23.6 Å². The smallest absolute Gasteiger partial charge is 0.306 e. The van der Waals surface area contributed by atoms with Crippen LogP contribution in [0.3, 0.4) is 0 Å². The average Bonchev–Trinajstić information content (AvgIpc) is 2.84. The van der Waals surface area contributed by atoms with Gasteiger partial charge in [-0.2, -0.15) is 4.39 Å². The van der Waals surface area contributed by atoms with Crippen LogP contribution in [0, 0.1) is 21.8 Å². The number of methoxy groups -OCH3 is 1. The molecule has 8 nitrogen and oxygen atoms in total. The van der Waals surface area contributed by atoms with Crippen molar-refractivity contribution >= 4 is 34.0 Å². The Bertz CT molecular complexity index is 1240. The number of halogens is 1. The van der Waals surface area contributed by atoms with Gasteiger partial charge in [0.05, 0.1) is 12.0 Å². The number of fused-ring (bicyclic) bond motifs is 1. The first-order valence-corrected chi connectivity index (χ1v) is 10.5. The van der Waals surface area contributed by atoms with E-state index < -0.39 is 16.4 Å². The molecule has 0 saturated carbocycles. The molecule has 1 aliphatic heterocycles. The molecule has 170 valence electrons. The van der Waals surface area contributed by atoms with Gasteiger partial charge in [0.2, 0.25) is 11.7 Å². The fourth-order valence-electron chi connectivity index (χ4n) is 4.13. The fourth-order valence-corrected chi connectivity index (χ4v) is 4.13. The maximum atomic E-state index is 13.5. The Morgan fingerprint density at radius 3 is 2.45 bits per heavy atom.